The molecule has 2 N–H and O–H groups in total. The minimum atomic E-state index is -0.462. The largest absolute Gasteiger partial charge is 0.493 e. The molecule has 2 aromatic carbocycles. The Labute approximate surface area is 165 Å². The first-order valence-electron chi connectivity index (χ1n) is 9.39. The van der Waals surface area contributed by atoms with Crippen molar-refractivity contribution in [1.82, 2.24) is 5.32 Å². The molecule has 0 radical (unpaired) electrons. The average molecular weight is 381 g/mol. The second kappa shape index (κ2) is 9.44. The Kier molecular flexibility index (Phi) is 6.74. The summed E-state index contributed by atoms with van der Waals surface area (Å²) in [7, 11) is 3.28. The molecule has 148 valence electrons. The first-order chi connectivity index (χ1) is 13.6. The number of benzene rings is 2. The van der Waals surface area contributed by atoms with E-state index in [0.29, 0.717) is 6.54 Å². The van der Waals surface area contributed by atoms with Gasteiger partial charge in [-0.3, -0.25) is 0 Å². The summed E-state index contributed by atoms with van der Waals surface area (Å²) < 4.78 is 16.5. The van der Waals surface area contributed by atoms with E-state index in [9.17, 15) is 5.11 Å². The highest BCUT2D eigenvalue weighted by molar-refractivity contribution is 5.58. The zero-order valence-electron chi connectivity index (χ0n) is 16.6. The summed E-state index contributed by atoms with van der Waals surface area (Å²) in [5.41, 5.74) is 3.08. The third kappa shape index (κ3) is 4.94. The minimum Gasteiger partial charge on any atom is -0.493 e. The summed E-state index contributed by atoms with van der Waals surface area (Å²) in [5.74, 6) is 3.21. The summed E-state index contributed by atoms with van der Waals surface area (Å²) >= 11 is 0. The van der Waals surface area contributed by atoms with Gasteiger partial charge in [-0.2, -0.15) is 0 Å². The Morgan fingerprint density at radius 2 is 1.71 bits per heavy atom. The van der Waals surface area contributed by atoms with Gasteiger partial charge in [-0.25, -0.2) is 0 Å². The van der Waals surface area contributed by atoms with Gasteiger partial charge in [0.1, 0.15) is 11.5 Å². The van der Waals surface area contributed by atoms with E-state index < -0.39 is 6.10 Å². The van der Waals surface area contributed by atoms with E-state index in [2.05, 4.69) is 5.32 Å². The predicted molar refractivity (Wildman–Crippen MR) is 110 cm³/mol. The number of rotatable bonds is 9. The molecule has 1 aromatic heterocycles. The average Bonchev–Trinajstić information content (AvgIpc) is 3.20. The van der Waals surface area contributed by atoms with Crippen LogP contribution in [0.15, 0.2) is 59.0 Å². The van der Waals surface area contributed by atoms with Gasteiger partial charge in [0.15, 0.2) is 11.5 Å². The van der Waals surface area contributed by atoms with Crippen molar-refractivity contribution in [2.24, 2.45) is 0 Å². The SMILES string of the molecule is COc1ccc(CCNCc2ccc(-c3ccc(C(C)O)cc3)o2)cc1OC. The van der Waals surface area contributed by atoms with Crippen molar-refractivity contribution >= 4 is 0 Å². The zero-order chi connectivity index (χ0) is 19.9. The lowest BCUT2D eigenvalue weighted by Crippen LogP contribution is -2.16. The van der Waals surface area contributed by atoms with Gasteiger partial charge in [-0.15, -0.1) is 0 Å². The molecule has 0 saturated heterocycles. The van der Waals surface area contributed by atoms with Gasteiger partial charge in [0.2, 0.25) is 0 Å². The van der Waals surface area contributed by atoms with Crippen LogP contribution in [0.4, 0.5) is 0 Å². The molecule has 0 spiro atoms. The number of methoxy groups -OCH3 is 2. The lowest BCUT2D eigenvalue weighted by molar-refractivity contribution is 0.199. The topological polar surface area (TPSA) is 63.9 Å². The number of furan rings is 1. The van der Waals surface area contributed by atoms with Gasteiger partial charge in [-0.1, -0.05) is 30.3 Å². The van der Waals surface area contributed by atoms with Crippen LogP contribution in [0, 0.1) is 0 Å². The molecular formula is C23H27NO4. The Morgan fingerprint density at radius 3 is 2.39 bits per heavy atom. The standard InChI is InChI=1S/C23H27NO4/c1-16(25)18-5-7-19(8-6-18)21-11-9-20(28-21)15-24-13-12-17-4-10-22(26-2)23(14-17)27-3/h4-11,14,16,24-25H,12-13,15H2,1-3H3. The maximum Gasteiger partial charge on any atom is 0.160 e. The molecule has 0 saturated carbocycles. The highest BCUT2D eigenvalue weighted by Gasteiger charge is 2.07. The van der Waals surface area contributed by atoms with E-state index in [-0.39, 0.29) is 0 Å². The summed E-state index contributed by atoms with van der Waals surface area (Å²) in [6, 6.07) is 17.7. The molecule has 5 heteroatoms. The number of hydrogen-bond acceptors (Lipinski definition) is 5. The Hall–Kier alpha value is -2.76. The fourth-order valence-corrected chi connectivity index (χ4v) is 3.03. The normalized spacial score (nSPS) is 12.0. The smallest absolute Gasteiger partial charge is 0.160 e. The van der Waals surface area contributed by atoms with Gasteiger partial charge in [-0.05, 0) is 55.3 Å². The van der Waals surface area contributed by atoms with Crippen molar-refractivity contribution in [2.75, 3.05) is 20.8 Å². The van der Waals surface area contributed by atoms with E-state index in [4.69, 9.17) is 13.9 Å². The summed E-state index contributed by atoms with van der Waals surface area (Å²) in [4.78, 5) is 0. The van der Waals surface area contributed by atoms with Crippen molar-refractivity contribution in [3.63, 3.8) is 0 Å². The van der Waals surface area contributed by atoms with E-state index in [1.807, 2.05) is 54.6 Å². The first-order valence-corrected chi connectivity index (χ1v) is 9.39. The number of aliphatic hydroxyl groups is 1. The molecule has 0 aliphatic carbocycles. The molecule has 28 heavy (non-hydrogen) atoms. The monoisotopic (exact) mass is 381 g/mol. The van der Waals surface area contributed by atoms with Crippen LogP contribution < -0.4 is 14.8 Å². The lowest BCUT2D eigenvalue weighted by Gasteiger charge is -2.09. The van der Waals surface area contributed by atoms with Gasteiger partial charge >= 0.3 is 0 Å². The molecule has 1 atom stereocenters. The number of aliphatic hydroxyl groups excluding tert-OH is 1. The Bertz CT molecular complexity index is 884. The summed E-state index contributed by atoms with van der Waals surface area (Å²) in [5, 5.41) is 13.0. The van der Waals surface area contributed by atoms with Crippen LogP contribution in [0.25, 0.3) is 11.3 Å². The van der Waals surface area contributed by atoms with Crippen molar-refractivity contribution < 1.29 is 19.0 Å². The molecule has 1 heterocycles. The maximum absolute atomic E-state index is 9.60. The van der Waals surface area contributed by atoms with Gasteiger partial charge in [0.25, 0.3) is 0 Å². The molecule has 0 aliphatic rings. The molecule has 1 unspecified atom stereocenters. The summed E-state index contributed by atoms with van der Waals surface area (Å²) in [6.45, 7) is 3.25. The molecule has 3 aromatic rings. The number of nitrogens with one attached hydrogen (secondary N) is 1. The van der Waals surface area contributed by atoms with Crippen molar-refractivity contribution in [3.05, 3.63) is 71.5 Å². The fraction of sp³-hybridized carbons (Fsp3) is 0.304. The van der Waals surface area contributed by atoms with E-state index in [0.717, 1.165) is 47.1 Å². The molecule has 0 bridgehead atoms. The minimum absolute atomic E-state index is 0.462. The van der Waals surface area contributed by atoms with Crippen LogP contribution >= 0.6 is 0 Å². The van der Waals surface area contributed by atoms with Crippen LogP contribution in [0.5, 0.6) is 11.5 Å². The highest BCUT2D eigenvalue weighted by Crippen LogP contribution is 2.27. The molecule has 3 rings (SSSR count). The van der Waals surface area contributed by atoms with Gasteiger partial charge in [0.05, 0.1) is 26.9 Å². The molecule has 0 aliphatic heterocycles. The second-order valence-corrected chi connectivity index (χ2v) is 6.68. The van der Waals surface area contributed by atoms with E-state index in [1.54, 1.807) is 21.1 Å². The third-order valence-corrected chi connectivity index (χ3v) is 4.68. The highest BCUT2D eigenvalue weighted by atomic mass is 16.5. The van der Waals surface area contributed by atoms with Crippen molar-refractivity contribution in [2.45, 2.75) is 26.0 Å². The van der Waals surface area contributed by atoms with Gasteiger partial charge < -0.3 is 24.3 Å². The van der Waals surface area contributed by atoms with Crippen LogP contribution in [0.1, 0.15) is 29.9 Å². The summed E-state index contributed by atoms with van der Waals surface area (Å²) in [6.07, 6.45) is 0.422. The fourth-order valence-electron chi connectivity index (χ4n) is 3.03. The maximum atomic E-state index is 9.60. The van der Waals surface area contributed by atoms with Crippen LogP contribution in [0.2, 0.25) is 0 Å². The molecular weight excluding hydrogens is 354 g/mol. The number of hydrogen-bond donors (Lipinski definition) is 2. The zero-order valence-corrected chi connectivity index (χ0v) is 16.6. The van der Waals surface area contributed by atoms with Crippen molar-refractivity contribution in [1.29, 1.82) is 0 Å². The Balaban J connectivity index is 1.51. The molecule has 0 amide bonds. The Morgan fingerprint density at radius 1 is 0.964 bits per heavy atom. The second-order valence-electron chi connectivity index (χ2n) is 6.68. The van der Waals surface area contributed by atoms with Crippen LogP contribution in [0.3, 0.4) is 0 Å². The van der Waals surface area contributed by atoms with Crippen molar-refractivity contribution in [3.8, 4) is 22.8 Å². The first kappa shape index (κ1) is 20.0. The van der Waals surface area contributed by atoms with Crippen LogP contribution in [-0.4, -0.2) is 25.9 Å². The van der Waals surface area contributed by atoms with E-state index >= 15 is 0 Å². The molecule has 5 nitrogen and oxygen atoms in total. The quantitative estimate of drug-likeness (QED) is 0.540. The third-order valence-electron chi connectivity index (χ3n) is 4.68. The predicted octanol–water partition coefficient (Wildman–Crippen LogP) is 4.35. The van der Waals surface area contributed by atoms with Crippen LogP contribution in [-0.2, 0) is 13.0 Å². The molecule has 0 fully saturated rings. The van der Waals surface area contributed by atoms with E-state index in [1.165, 1.54) is 5.56 Å². The number of ether oxygens (including phenoxy) is 2. The lowest BCUT2D eigenvalue weighted by atomic mass is 10.1. The van der Waals surface area contributed by atoms with Gasteiger partial charge in [0, 0.05) is 5.56 Å².